The topological polar surface area (TPSA) is 46.9 Å². The van der Waals surface area contributed by atoms with Crippen LogP contribution in [-0.2, 0) is 6.42 Å². The standard InChI is InChI=1S/C24H35N3O/c1-7-22-16(2)26-27(17(22)3)21-14-8-18(9-15-21)23(28)25-20-12-10-19(11-13-20)24(4,5)6/h8-9,14-15,19-20H,7,10-13H2,1-6H3,(H,25,28). The first-order valence-corrected chi connectivity index (χ1v) is 10.7. The number of aromatic nitrogens is 2. The smallest absolute Gasteiger partial charge is 0.251 e. The lowest BCUT2D eigenvalue weighted by Gasteiger charge is -2.37. The minimum atomic E-state index is 0.0355. The molecule has 4 nitrogen and oxygen atoms in total. The summed E-state index contributed by atoms with van der Waals surface area (Å²) in [5, 5.41) is 7.90. The van der Waals surface area contributed by atoms with E-state index in [1.54, 1.807) is 0 Å². The number of benzene rings is 1. The highest BCUT2D eigenvalue weighted by Gasteiger charge is 2.30. The minimum Gasteiger partial charge on any atom is -0.349 e. The predicted octanol–water partition coefficient (Wildman–Crippen LogP) is 5.39. The number of aryl methyl sites for hydroxylation is 1. The summed E-state index contributed by atoms with van der Waals surface area (Å²) < 4.78 is 1.98. The fourth-order valence-corrected chi connectivity index (χ4v) is 4.56. The fourth-order valence-electron chi connectivity index (χ4n) is 4.56. The molecule has 1 aliphatic rings. The van der Waals surface area contributed by atoms with Gasteiger partial charge in [0.05, 0.1) is 11.4 Å². The Bertz CT molecular complexity index is 819. The van der Waals surface area contributed by atoms with Crippen molar-refractivity contribution in [2.24, 2.45) is 11.3 Å². The van der Waals surface area contributed by atoms with Crippen molar-refractivity contribution >= 4 is 5.91 Å². The molecule has 0 bridgehead atoms. The van der Waals surface area contributed by atoms with Gasteiger partial charge < -0.3 is 5.32 Å². The lowest BCUT2D eigenvalue weighted by atomic mass is 9.71. The first-order chi connectivity index (χ1) is 13.2. The van der Waals surface area contributed by atoms with Gasteiger partial charge in [0, 0.05) is 17.3 Å². The maximum absolute atomic E-state index is 12.7. The summed E-state index contributed by atoms with van der Waals surface area (Å²) in [7, 11) is 0. The van der Waals surface area contributed by atoms with Gasteiger partial charge in [0.2, 0.25) is 0 Å². The summed E-state index contributed by atoms with van der Waals surface area (Å²) in [4.78, 5) is 12.7. The molecule has 0 radical (unpaired) electrons. The van der Waals surface area contributed by atoms with Crippen LogP contribution in [0.1, 0.15) is 80.7 Å². The van der Waals surface area contributed by atoms with Crippen molar-refractivity contribution in [1.82, 2.24) is 15.1 Å². The molecule has 0 atom stereocenters. The molecule has 1 aliphatic carbocycles. The molecule has 2 aromatic rings. The Morgan fingerprint density at radius 3 is 2.21 bits per heavy atom. The van der Waals surface area contributed by atoms with E-state index in [1.807, 2.05) is 28.9 Å². The number of carbonyl (C=O) groups excluding carboxylic acids is 1. The number of nitrogens with zero attached hydrogens (tertiary/aromatic N) is 2. The molecule has 1 saturated carbocycles. The lowest BCUT2D eigenvalue weighted by molar-refractivity contribution is 0.0904. The third-order valence-electron chi connectivity index (χ3n) is 6.46. The normalized spacial score (nSPS) is 20.2. The van der Waals surface area contributed by atoms with Crippen molar-refractivity contribution in [3.63, 3.8) is 0 Å². The zero-order valence-electron chi connectivity index (χ0n) is 18.3. The molecule has 1 heterocycles. The van der Waals surface area contributed by atoms with Gasteiger partial charge in [-0.1, -0.05) is 27.7 Å². The molecular weight excluding hydrogens is 346 g/mol. The van der Waals surface area contributed by atoms with E-state index >= 15 is 0 Å². The molecule has 1 aromatic carbocycles. The molecule has 0 unspecified atom stereocenters. The molecule has 1 N–H and O–H groups in total. The summed E-state index contributed by atoms with van der Waals surface area (Å²) in [6, 6.07) is 8.10. The fraction of sp³-hybridized carbons (Fsp3) is 0.583. The molecule has 1 fully saturated rings. The Balaban J connectivity index is 1.63. The zero-order chi connectivity index (χ0) is 20.5. The third-order valence-corrected chi connectivity index (χ3v) is 6.46. The Hall–Kier alpha value is -2.10. The quantitative estimate of drug-likeness (QED) is 0.772. The monoisotopic (exact) mass is 381 g/mol. The summed E-state index contributed by atoms with van der Waals surface area (Å²) >= 11 is 0. The van der Waals surface area contributed by atoms with Crippen LogP contribution < -0.4 is 5.32 Å². The van der Waals surface area contributed by atoms with Gasteiger partial charge in [-0.2, -0.15) is 5.10 Å². The van der Waals surface area contributed by atoms with Gasteiger partial charge in [0.1, 0.15) is 0 Å². The van der Waals surface area contributed by atoms with E-state index in [1.165, 1.54) is 24.1 Å². The van der Waals surface area contributed by atoms with E-state index in [9.17, 15) is 4.79 Å². The van der Waals surface area contributed by atoms with Crippen molar-refractivity contribution in [1.29, 1.82) is 0 Å². The van der Waals surface area contributed by atoms with Crippen LogP contribution in [0, 0.1) is 25.2 Å². The summed E-state index contributed by atoms with van der Waals surface area (Å²) in [6.45, 7) is 13.3. The Labute approximate surface area is 169 Å². The zero-order valence-corrected chi connectivity index (χ0v) is 18.3. The van der Waals surface area contributed by atoms with Gasteiger partial charge in [-0.25, -0.2) is 4.68 Å². The second-order valence-corrected chi connectivity index (χ2v) is 9.35. The van der Waals surface area contributed by atoms with Gasteiger partial charge in [-0.3, -0.25) is 4.79 Å². The summed E-state index contributed by atoms with van der Waals surface area (Å²) in [5.74, 6) is 0.794. The van der Waals surface area contributed by atoms with Gasteiger partial charge >= 0.3 is 0 Å². The highest BCUT2D eigenvalue weighted by molar-refractivity contribution is 5.94. The van der Waals surface area contributed by atoms with E-state index < -0.39 is 0 Å². The van der Waals surface area contributed by atoms with Crippen molar-refractivity contribution in [3.8, 4) is 5.69 Å². The number of carbonyl (C=O) groups is 1. The molecular formula is C24H35N3O. The average Bonchev–Trinajstić information content (AvgIpc) is 2.95. The van der Waals surface area contributed by atoms with E-state index in [0.29, 0.717) is 11.5 Å². The maximum atomic E-state index is 12.7. The van der Waals surface area contributed by atoms with Crippen molar-refractivity contribution in [3.05, 3.63) is 46.8 Å². The van der Waals surface area contributed by atoms with Crippen LogP contribution in [0.15, 0.2) is 24.3 Å². The highest BCUT2D eigenvalue weighted by atomic mass is 16.1. The molecule has 1 amide bonds. The third kappa shape index (κ3) is 4.31. The number of rotatable bonds is 4. The van der Waals surface area contributed by atoms with Crippen LogP contribution in [0.4, 0.5) is 0 Å². The molecule has 4 heteroatoms. The van der Waals surface area contributed by atoms with Crippen LogP contribution in [0.5, 0.6) is 0 Å². The van der Waals surface area contributed by atoms with Crippen LogP contribution in [0.2, 0.25) is 0 Å². The van der Waals surface area contributed by atoms with E-state index in [-0.39, 0.29) is 5.91 Å². The van der Waals surface area contributed by atoms with E-state index in [2.05, 4.69) is 52.0 Å². The molecule has 28 heavy (non-hydrogen) atoms. The number of nitrogens with one attached hydrogen (secondary N) is 1. The van der Waals surface area contributed by atoms with E-state index in [0.717, 1.165) is 42.1 Å². The molecule has 0 spiro atoms. The van der Waals surface area contributed by atoms with Gasteiger partial charge in [-0.05, 0) is 87.1 Å². The van der Waals surface area contributed by atoms with Crippen LogP contribution >= 0.6 is 0 Å². The average molecular weight is 382 g/mol. The van der Waals surface area contributed by atoms with Gasteiger partial charge in [0.15, 0.2) is 0 Å². The highest BCUT2D eigenvalue weighted by Crippen LogP contribution is 2.37. The summed E-state index contributed by atoms with van der Waals surface area (Å²) in [6.07, 6.45) is 5.54. The largest absolute Gasteiger partial charge is 0.349 e. The van der Waals surface area contributed by atoms with Gasteiger partial charge in [0.25, 0.3) is 5.91 Å². The Morgan fingerprint density at radius 1 is 1.11 bits per heavy atom. The molecule has 0 saturated heterocycles. The van der Waals surface area contributed by atoms with Crippen LogP contribution in [-0.4, -0.2) is 21.7 Å². The number of amides is 1. The van der Waals surface area contributed by atoms with Crippen LogP contribution in [0.25, 0.3) is 5.69 Å². The summed E-state index contributed by atoms with van der Waals surface area (Å²) in [5.41, 5.74) is 5.64. The second-order valence-electron chi connectivity index (χ2n) is 9.35. The van der Waals surface area contributed by atoms with Gasteiger partial charge in [-0.15, -0.1) is 0 Å². The molecule has 152 valence electrons. The SMILES string of the molecule is CCc1c(C)nn(-c2ccc(C(=O)NC3CCC(C(C)(C)C)CC3)cc2)c1C. The second kappa shape index (κ2) is 8.10. The molecule has 3 rings (SSSR count). The van der Waals surface area contributed by atoms with Crippen LogP contribution in [0.3, 0.4) is 0 Å². The lowest BCUT2D eigenvalue weighted by Crippen LogP contribution is -2.39. The predicted molar refractivity (Wildman–Crippen MR) is 115 cm³/mol. The molecule has 1 aromatic heterocycles. The minimum absolute atomic E-state index is 0.0355. The number of hydrogen-bond donors (Lipinski definition) is 1. The first kappa shape index (κ1) is 20.6. The van der Waals surface area contributed by atoms with Crippen molar-refractivity contribution < 1.29 is 4.79 Å². The van der Waals surface area contributed by atoms with Crippen molar-refractivity contribution in [2.45, 2.75) is 79.7 Å². The Morgan fingerprint density at radius 2 is 1.71 bits per heavy atom. The Kier molecular flexibility index (Phi) is 5.97. The van der Waals surface area contributed by atoms with E-state index in [4.69, 9.17) is 0 Å². The number of hydrogen-bond acceptors (Lipinski definition) is 2. The maximum Gasteiger partial charge on any atom is 0.251 e. The van der Waals surface area contributed by atoms with Crippen molar-refractivity contribution in [2.75, 3.05) is 0 Å². The molecule has 0 aliphatic heterocycles. The first-order valence-electron chi connectivity index (χ1n) is 10.7.